The van der Waals surface area contributed by atoms with E-state index in [0.29, 0.717) is 29.8 Å². The minimum atomic E-state index is -0.0889. The molecule has 0 spiro atoms. The Morgan fingerprint density at radius 2 is 1.92 bits per heavy atom. The molecular formula is C19H28N4O2. The van der Waals surface area contributed by atoms with Gasteiger partial charge in [-0.2, -0.15) is 0 Å². The number of hydrogen-bond acceptors (Lipinski definition) is 4. The first-order chi connectivity index (χ1) is 12.1. The van der Waals surface area contributed by atoms with Crippen LogP contribution in [-0.4, -0.2) is 28.5 Å². The minimum Gasteiger partial charge on any atom is -0.356 e. The maximum Gasteiger partial charge on any atom is 0.261 e. The Labute approximate surface area is 148 Å². The van der Waals surface area contributed by atoms with E-state index in [1.807, 2.05) is 32.0 Å². The van der Waals surface area contributed by atoms with Gasteiger partial charge < -0.3 is 10.6 Å². The molecule has 136 valence electrons. The lowest BCUT2D eigenvalue weighted by Crippen LogP contribution is -2.33. The topological polar surface area (TPSA) is 76.0 Å². The predicted octanol–water partition coefficient (Wildman–Crippen LogP) is 2.37. The Morgan fingerprint density at radius 3 is 2.64 bits per heavy atom. The van der Waals surface area contributed by atoms with Crippen molar-refractivity contribution < 1.29 is 4.79 Å². The van der Waals surface area contributed by atoms with Gasteiger partial charge in [0.25, 0.3) is 5.56 Å². The van der Waals surface area contributed by atoms with Crippen molar-refractivity contribution in [2.24, 2.45) is 0 Å². The fraction of sp³-hybridized carbons (Fsp3) is 0.526. The average molecular weight is 344 g/mol. The van der Waals surface area contributed by atoms with E-state index in [9.17, 15) is 9.59 Å². The predicted molar refractivity (Wildman–Crippen MR) is 101 cm³/mol. The van der Waals surface area contributed by atoms with Crippen molar-refractivity contribution in [1.82, 2.24) is 20.2 Å². The van der Waals surface area contributed by atoms with Gasteiger partial charge in [-0.15, -0.1) is 0 Å². The van der Waals surface area contributed by atoms with Gasteiger partial charge in [0.15, 0.2) is 0 Å². The molecule has 2 N–H and O–H groups in total. The molecule has 0 saturated carbocycles. The SMILES string of the molecule is CCCNC(=O)CCn1c([C@H](C)NCCC)nc2ccccc2c1=O. The maximum atomic E-state index is 12.9. The summed E-state index contributed by atoms with van der Waals surface area (Å²) in [6.45, 7) is 7.95. The molecule has 0 aliphatic rings. The average Bonchev–Trinajstić information content (AvgIpc) is 2.63. The lowest BCUT2D eigenvalue weighted by atomic mass is 10.2. The molecule has 0 aliphatic heterocycles. The molecule has 0 radical (unpaired) electrons. The smallest absolute Gasteiger partial charge is 0.261 e. The van der Waals surface area contributed by atoms with Crippen molar-refractivity contribution >= 4 is 16.8 Å². The first kappa shape index (κ1) is 19.1. The summed E-state index contributed by atoms with van der Waals surface area (Å²) in [5.41, 5.74) is 0.605. The largest absolute Gasteiger partial charge is 0.356 e. The Kier molecular flexibility index (Phi) is 7.13. The van der Waals surface area contributed by atoms with Gasteiger partial charge in [0.2, 0.25) is 5.91 Å². The van der Waals surface area contributed by atoms with Crippen molar-refractivity contribution in [1.29, 1.82) is 0 Å². The molecule has 2 aromatic rings. The number of amides is 1. The van der Waals surface area contributed by atoms with Crippen LogP contribution in [0.2, 0.25) is 0 Å². The third-order valence-corrected chi connectivity index (χ3v) is 4.11. The minimum absolute atomic E-state index is 0.0398. The van der Waals surface area contributed by atoms with Crippen molar-refractivity contribution in [2.45, 2.75) is 52.6 Å². The highest BCUT2D eigenvalue weighted by Gasteiger charge is 2.16. The molecule has 25 heavy (non-hydrogen) atoms. The number of carbonyl (C=O) groups is 1. The van der Waals surface area contributed by atoms with Gasteiger partial charge in [0.05, 0.1) is 16.9 Å². The van der Waals surface area contributed by atoms with Crippen LogP contribution in [0, 0.1) is 0 Å². The summed E-state index contributed by atoms with van der Waals surface area (Å²) in [6.07, 6.45) is 2.17. The molecular weight excluding hydrogens is 316 g/mol. The van der Waals surface area contributed by atoms with Crippen LogP contribution in [-0.2, 0) is 11.3 Å². The number of hydrogen-bond donors (Lipinski definition) is 2. The monoisotopic (exact) mass is 344 g/mol. The Hall–Kier alpha value is -2.21. The van der Waals surface area contributed by atoms with E-state index in [1.165, 1.54) is 0 Å². The molecule has 0 aliphatic carbocycles. The van der Waals surface area contributed by atoms with E-state index in [1.54, 1.807) is 10.6 Å². The zero-order chi connectivity index (χ0) is 18.2. The van der Waals surface area contributed by atoms with Gasteiger partial charge in [-0.25, -0.2) is 4.98 Å². The summed E-state index contributed by atoms with van der Waals surface area (Å²) in [5.74, 6) is 0.641. The third kappa shape index (κ3) is 4.89. The van der Waals surface area contributed by atoms with Crippen LogP contribution in [0.3, 0.4) is 0 Å². The fourth-order valence-corrected chi connectivity index (χ4v) is 2.75. The number of aromatic nitrogens is 2. The summed E-state index contributed by atoms with van der Waals surface area (Å²) in [5, 5.41) is 6.82. The molecule has 1 amide bonds. The number of nitrogens with one attached hydrogen (secondary N) is 2. The maximum absolute atomic E-state index is 12.9. The fourth-order valence-electron chi connectivity index (χ4n) is 2.75. The number of rotatable bonds is 9. The third-order valence-electron chi connectivity index (χ3n) is 4.11. The van der Waals surface area contributed by atoms with E-state index < -0.39 is 0 Å². The molecule has 0 bridgehead atoms. The van der Waals surface area contributed by atoms with Crippen LogP contribution in [0.15, 0.2) is 29.1 Å². The van der Waals surface area contributed by atoms with Gasteiger partial charge in [-0.1, -0.05) is 26.0 Å². The second kappa shape index (κ2) is 9.32. The van der Waals surface area contributed by atoms with Crippen molar-refractivity contribution in [3.63, 3.8) is 0 Å². The number of fused-ring (bicyclic) bond motifs is 1. The molecule has 0 fully saturated rings. The van der Waals surface area contributed by atoms with Crippen LogP contribution in [0.4, 0.5) is 0 Å². The van der Waals surface area contributed by atoms with Crippen LogP contribution in [0.1, 0.15) is 51.9 Å². The van der Waals surface area contributed by atoms with Gasteiger partial charge in [0, 0.05) is 19.5 Å². The summed E-state index contributed by atoms with van der Waals surface area (Å²) in [7, 11) is 0. The number of benzene rings is 1. The standard InChI is InChI=1S/C19H28N4O2/c1-4-11-20-14(3)18-22-16-9-7-6-8-15(16)19(25)23(18)13-10-17(24)21-12-5-2/h6-9,14,20H,4-5,10-13H2,1-3H3,(H,21,24)/t14-/m0/s1. The van der Waals surface area contributed by atoms with Gasteiger partial charge in [0.1, 0.15) is 5.82 Å². The molecule has 6 heteroatoms. The molecule has 1 aromatic carbocycles. The zero-order valence-electron chi connectivity index (χ0n) is 15.3. The number of carbonyl (C=O) groups excluding carboxylic acids is 1. The molecule has 2 rings (SSSR count). The molecule has 0 saturated heterocycles. The Morgan fingerprint density at radius 1 is 1.20 bits per heavy atom. The van der Waals surface area contributed by atoms with Crippen molar-refractivity contribution in [2.75, 3.05) is 13.1 Å². The Balaban J connectivity index is 2.35. The highest BCUT2D eigenvalue weighted by molar-refractivity contribution is 5.78. The van der Waals surface area contributed by atoms with Crippen LogP contribution in [0.25, 0.3) is 10.9 Å². The van der Waals surface area contributed by atoms with E-state index in [-0.39, 0.29) is 23.9 Å². The lowest BCUT2D eigenvalue weighted by molar-refractivity contribution is -0.121. The zero-order valence-corrected chi connectivity index (χ0v) is 15.3. The molecule has 1 heterocycles. The second-order valence-electron chi connectivity index (χ2n) is 6.22. The highest BCUT2D eigenvalue weighted by atomic mass is 16.1. The van der Waals surface area contributed by atoms with Gasteiger partial charge >= 0.3 is 0 Å². The molecule has 6 nitrogen and oxygen atoms in total. The van der Waals surface area contributed by atoms with Crippen molar-refractivity contribution in [3.8, 4) is 0 Å². The van der Waals surface area contributed by atoms with Crippen molar-refractivity contribution in [3.05, 3.63) is 40.4 Å². The summed E-state index contributed by atoms with van der Waals surface area (Å²) >= 11 is 0. The van der Waals surface area contributed by atoms with Crippen LogP contribution in [0.5, 0.6) is 0 Å². The normalized spacial score (nSPS) is 12.3. The van der Waals surface area contributed by atoms with Crippen LogP contribution < -0.4 is 16.2 Å². The quantitative estimate of drug-likeness (QED) is 0.732. The van der Waals surface area contributed by atoms with E-state index >= 15 is 0 Å². The number of para-hydroxylation sites is 1. The number of nitrogens with zero attached hydrogens (tertiary/aromatic N) is 2. The van der Waals surface area contributed by atoms with Gasteiger partial charge in [-0.3, -0.25) is 14.2 Å². The summed E-state index contributed by atoms with van der Waals surface area (Å²) in [6, 6.07) is 7.29. The summed E-state index contributed by atoms with van der Waals surface area (Å²) in [4.78, 5) is 29.6. The highest BCUT2D eigenvalue weighted by Crippen LogP contribution is 2.14. The van der Waals surface area contributed by atoms with E-state index in [2.05, 4.69) is 17.6 Å². The van der Waals surface area contributed by atoms with Crippen LogP contribution >= 0.6 is 0 Å². The summed E-state index contributed by atoms with van der Waals surface area (Å²) < 4.78 is 1.64. The lowest BCUT2D eigenvalue weighted by Gasteiger charge is -2.19. The molecule has 0 unspecified atom stereocenters. The van der Waals surface area contributed by atoms with E-state index in [4.69, 9.17) is 4.98 Å². The van der Waals surface area contributed by atoms with E-state index in [0.717, 1.165) is 19.4 Å². The second-order valence-corrected chi connectivity index (χ2v) is 6.22. The molecule has 1 atom stereocenters. The molecule has 1 aromatic heterocycles. The van der Waals surface area contributed by atoms with Gasteiger partial charge in [-0.05, 0) is 38.4 Å². The first-order valence-electron chi connectivity index (χ1n) is 9.08. The first-order valence-corrected chi connectivity index (χ1v) is 9.08. The Bertz CT molecular complexity index is 770.